The molecular formula is C14H18N4O. The average molecular weight is 258 g/mol. The van der Waals surface area contributed by atoms with Gasteiger partial charge in [0, 0.05) is 24.4 Å². The Morgan fingerprint density at radius 3 is 2.95 bits per heavy atom. The topological polar surface area (TPSA) is 83.5 Å². The Hall–Kier alpha value is -1.85. The number of hydrogen-bond acceptors (Lipinski definition) is 3. The Morgan fingerprint density at radius 1 is 1.47 bits per heavy atom. The molecule has 4 N–H and O–H groups in total. The Kier molecular flexibility index (Phi) is 3.00. The predicted octanol–water partition coefficient (Wildman–Crippen LogP) is 1.48. The number of aromatic nitrogens is 2. The molecule has 0 bridgehead atoms. The van der Waals surface area contributed by atoms with Crippen LogP contribution in [0, 0.1) is 17.0 Å². The van der Waals surface area contributed by atoms with Gasteiger partial charge in [0.25, 0.3) is 0 Å². The van der Waals surface area contributed by atoms with Crippen molar-refractivity contribution in [3.8, 4) is 11.1 Å². The van der Waals surface area contributed by atoms with Gasteiger partial charge in [-0.15, -0.1) is 0 Å². The molecule has 2 aromatic rings. The molecular weight excluding hydrogens is 240 g/mol. The monoisotopic (exact) mass is 258 g/mol. The first kappa shape index (κ1) is 12.2. The smallest absolute Gasteiger partial charge is 0.153 e. The van der Waals surface area contributed by atoms with Crippen LogP contribution in [0.3, 0.4) is 0 Å². The number of nitrogens with two attached hydrogens (primary N) is 2. The largest absolute Gasteiger partial charge is 0.630 e. The third kappa shape index (κ3) is 2.47. The second-order valence-electron chi connectivity index (χ2n) is 5.39. The minimum Gasteiger partial charge on any atom is -0.630 e. The first-order valence-corrected chi connectivity index (χ1v) is 6.55. The summed E-state index contributed by atoms with van der Waals surface area (Å²) < 4.78 is 1.99. The highest BCUT2D eigenvalue weighted by Crippen LogP contribution is 2.39. The van der Waals surface area contributed by atoms with E-state index in [4.69, 9.17) is 5.73 Å². The Morgan fingerprint density at radius 2 is 2.26 bits per heavy atom. The number of quaternary nitrogens is 1. The lowest BCUT2D eigenvalue weighted by atomic mass is 10.1. The van der Waals surface area contributed by atoms with E-state index in [9.17, 15) is 5.21 Å². The molecule has 2 atom stereocenters. The fraction of sp³-hybridized carbons (Fsp3) is 0.357. The summed E-state index contributed by atoms with van der Waals surface area (Å²) in [6.07, 6.45) is 5.17. The van der Waals surface area contributed by atoms with Gasteiger partial charge >= 0.3 is 0 Å². The highest BCUT2D eigenvalue weighted by atomic mass is 16.5. The summed E-state index contributed by atoms with van der Waals surface area (Å²) in [4.78, 5) is 0. The molecule has 100 valence electrons. The summed E-state index contributed by atoms with van der Waals surface area (Å²) >= 11 is 0. The van der Waals surface area contributed by atoms with Gasteiger partial charge in [-0.25, -0.2) is 0 Å². The van der Waals surface area contributed by atoms with Gasteiger partial charge in [0.1, 0.15) is 0 Å². The SMILES string of the molecule is CC1CC1Cn1cc(-c2ccc(N)c([NH2+][O-])c2)cn1. The standard InChI is InChI=1S/C14H18N4O/c1-9-4-11(9)7-18-8-12(6-16-18)10-2-3-13(15)14(5-10)17-19/h2-3,5-6,8-9,11H,4,7,15,17H2,1H3. The van der Waals surface area contributed by atoms with Crippen molar-refractivity contribution in [2.75, 3.05) is 5.73 Å². The molecule has 2 unspecified atom stereocenters. The molecule has 1 heterocycles. The molecule has 5 heteroatoms. The molecule has 1 fully saturated rings. The quantitative estimate of drug-likeness (QED) is 0.643. The van der Waals surface area contributed by atoms with Crippen molar-refractivity contribution >= 4 is 11.4 Å². The second kappa shape index (κ2) is 4.68. The first-order chi connectivity index (χ1) is 9.17. The van der Waals surface area contributed by atoms with Crippen LogP contribution in [0.25, 0.3) is 11.1 Å². The Balaban J connectivity index is 1.81. The molecule has 0 amide bonds. The molecule has 0 radical (unpaired) electrons. The minimum atomic E-state index is 0.512. The molecule has 3 rings (SSSR count). The van der Waals surface area contributed by atoms with Crippen LogP contribution in [-0.2, 0) is 6.54 Å². The Bertz CT molecular complexity index is 593. The number of anilines is 1. The van der Waals surface area contributed by atoms with Gasteiger partial charge in [-0.3, -0.25) is 4.68 Å². The van der Waals surface area contributed by atoms with E-state index in [1.54, 1.807) is 6.07 Å². The van der Waals surface area contributed by atoms with Crippen molar-refractivity contribution < 1.29 is 5.48 Å². The summed E-state index contributed by atoms with van der Waals surface area (Å²) in [5.41, 5.74) is 9.55. The molecule has 1 aromatic heterocycles. The van der Waals surface area contributed by atoms with Crippen LogP contribution in [0.2, 0.25) is 0 Å². The van der Waals surface area contributed by atoms with E-state index in [0.29, 0.717) is 11.4 Å². The predicted molar refractivity (Wildman–Crippen MR) is 74.3 cm³/mol. The number of nitrogens with zero attached hydrogens (tertiary/aromatic N) is 2. The number of benzene rings is 1. The number of rotatable bonds is 4. The summed E-state index contributed by atoms with van der Waals surface area (Å²) in [6, 6.07) is 5.49. The van der Waals surface area contributed by atoms with E-state index < -0.39 is 0 Å². The van der Waals surface area contributed by atoms with Crippen LogP contribution in [0.15, 0.2) is 30.6 Å². The molecule has 0 saturated heterocycles. The van der Waals surface area contributed by atoms with Crippen molar-refractivity contribution in [3.63, 3.8) is 0 Å². The van der Waals surface area contributed by atoms with Gasteiger partial charge in [0.2, 0.25) is 0 Å². The highest BCUT2D eigenvalue weighted by Gasteiger charge is 2.32. The van der Waals surface area contributed by atoms with Crippen molar-refractivity contribution in [1.82, 2.24) is 9.78 Å². The van der Waals surface area contributed by atoms with Crippen molar-refractivity contribution in [1.29, 1.82) is 0 Å². The maximum atomic E-state index is 10.9. The number of hydrogen-bond donors (Lipinski definition) is 2. The fourth-order valence-corrected chi connectivity index (χ4v) is 2.36. The van der Waals surface area contributed by atoms with E-state index in [1.165, 1.54) is 6.42 Å². The van der Waals surface area contributed by atoms with Crippen LogP contribution >= 0.6 is 0 Å². The maximum Gasteiger partial charge on any atom is 0.153 e. The summed E-state index contributed by atoms with van der Waals surface area (Å²) in [6.45, 7) is 3.25. The van der Waals surface area contributed by atoms with Crippen LogP contribution in [-0.4, -0.2) is 9.78 Å². The summed E-state index contributed by atoms with van der Waals surface area (Å²) in [5.74, 6) is 1.59. The van der Waals surface area contributed by atoms with E-state index in [2.05, 4.69) is 12.0 Å². The second-order valence-corrected chi connectivity index (χ2v) is 5.39. The molecule has 1 aliphatic carbocycles. The van der Waals surface area contributed by atoms with E-state index >= 15 is 0 Å². The van der Waals surface area contributed by atoms with Crippen LogP contribution in [0.5, 0.6) is 0 Å². The van der Waals surface area contributed by atoms with Gasteiger partial charge in [-0.05, 0) is 29.9 Å². The zero-order chi connectivity index (χ0) is 13.4. The molecule has 1 aliphatic rings. The van der Waals surface area contributed by atoms with Gasteiger partial charge in [0.05, 0.1) is 11.9 Å². The average Bonchev–Trinajstić information content (AvgIpc) is 2.90. The molecule has 1 saturated carbocycles. The van der Waals surface area contributed by atoms with Crippen LogP contribution in [0.1, 0.15) is 13.3 Å². The summed E-state index contributed by atoms with van der Waals surface area (Å²) in [7, 11) is 0. The van der Waals surface area contributed by atoms with Crippen molar-refractivity contribution in [3.05, 3.63) is 35.8 Å². The summed E-state index contributed by atoms with van der Waals surface area (Å²) in [5, 5.41) is 15.3. The first-order valence-electron chi connectivity index (χ1n) is 6.55. The molecule has 1 aromatic carbocycles. The zero-order valence-electron chi connectivity index (χ0n) is 10.9. The van der Waals surface area contributed by atoms with Crippen LogP contribution < -0.4 is 11.2 Å². The normalized spacial score (nSPS) is 21.6. The number of nitrogen functional groups attached to an aromatic ring is 1. The zero-order valence-corrected chi connectivity index (χ0v) is 10.9. The maximum absolute atomic E-state index is 10.9. The van der Waals surface area contributed by atoms with Gasteiger partial charge in [-0.1, -0.05) is 13.0 Å². The lowest BCUT2D eigenvalue weighted by molar-refractivity contribution is -0.496. The van der Waals surface area contributed by atoms with Gasteiger partial charge < -0.3 is 16.4 Å². The Labute approximate surface area is 112 Å². The van der Waals surface area contributed by atoms with Crippen molar-refractivity contribution in [2.45, 2.75) is 19.9 Å². The minimum absolute atomic E-state index is 0.512. The van der Waals surface area contributed by atoms with Gasteiger partial charge in [-0.2, -0.15) is 5.10 Å². The van der Waals surface area contributed by atoms with Crippen molar-refractivity contribution in [2.24, 2.45) is 11.8 Å². The van der Waals surface area contributed by atoms with E-state index in [0.717, 1.165) is 35.0 Å². The lowest BCUT2D eigenvalue weighted by Crippen LogP contribution is -2.70. The molecule has 19 heavy (non-hydrogen) atoms. The van der Waals surface area contributed by atoms with E-state index in [1.807, 2.05) is 29.2 Å². The highest BCUT2D eigenvalue weighted by molar-refractivity contribution is 5.71. The molecule has 0 aliphatic heterocycles. The third-order valence-corrected chi connectivity index (χ3v) is 3.88. The van der Waals surface area contributed by atoms with Crippen LogP contribution in [0.4, 0.5) is 11.4 Å². The fourth-order valence-electron chi connectivity index (χ4n) is 2.36. The van der Waals surface area contributed by atoms with E-state index in [-0.39, 0.29) is 0 Å². The van der Waals surface area contributed by atoms with Gasteiger partial charge in [0.15, 0.2) is 5.69 Å². The molecule has 0 spiro atoms. The molecule has 5 nitrogen and oxygen atoms in total. The third-order valence-electron chi connectivity index (χ3n) is 3.88. The lowest BCUT2D eigenvalue weighted by Gasteiger charge is -2.06.